The molecule has 3 N–H and O–H groups in total. The van der Waals surface area contributed by atoms with E-state index in [9.17, 15) is 0 Å². The third-order valence-corrected chi connectivity index (χ3v) is 5.89. The second kappa shape index (κ2) is 8.95. The lowest BCUT2D eigenvalue weighted by Crippen LogP contribution is -2.16. The Morgan fingerprint density at radius 3 is 1.28 bits per heavy atom. The van der Waals surface area contributed by atoms with Crippen molar-refractivity contribution in [2.45, 2.75) is 0 Å². The van der Waals surface area contributed by atoms with E-state index in [2.05, 4.69) is 35.2 Å². The second-order valence-corrected chi connectivity index (χ2v) is 8.05. The largest absolute Gasteiger partial charge is 0.304 e. The first kappa shape index (κ1) is 18.6. The molecule has 4 aromatic heterocycles. The number of nitrogens with zero attached hydrogens (tertiary/aromatic N) is 5. The second-order valence-electron chi connectivity index (χ2n) is 5.90. The van der Waals surface area contributed by atoms with Gasteiger partial charge in [0, 0.05) is 24.8 Å². The molecule has 0 aliphatic carbocycles. The number of hydrogen-bond acceptors (Lipinski definition) is 5. The summed E-state index contributed by atoms with van der Waals surface area (Å²) < 4.78 is 4.92. The lowest BCUT2D eigenvalue weighted by Gasteiger charge is -2.28. The van der Waals surface area contributed by atoms with Crippen molar-refractivity contribution in [3.05, 3.63) is 97.6 Å². The zero-order valence-corrected chi connectivity index (χ0v) is 16.3. The summed E-state index contributed by atoms with van der Waals surface area (Å²) in [5.41, 5.74) is 0. The highest BCUT2D eigenvalue weighted by Gasteiger charge is 2.23. The van der Waals surface area contributed by atoms with E-state index in [4.69, 9.17) is 4.74 Å². The Labute approximate surface area is 168 Å². The molecule has 0 aliphatic heterocycles. The van der Waals surface area contributed by atoms with Crippen LogP contribution in [0.25, 0.3) is 0 Å². The molecule has 9 heteroatoms. The van der Waals surface area contributed by atoms with Gasteiger partial charge in [0.25, 0.3) is 0 Å². The maximum atomic E-state index is 4.92. The summed E-state index contributed by atoms with van der Waals surface area (Å²) in [5.74, 6) is 2.54. The van der Waals surface area contributed by atoms with Crippen molar-refractivity contribution in [3.63, 3.8) is 0 Å². The van der Waals surface area contributed by atoms with E-state index in [0.29, 0.717) is 23.3 Å². The Hall–Kier alpha value is -3.77. The highest BCUT2D eigenvalue weighted by atomic mass is 31.2. The Balaban J connectivity index is 1.84. The fraction of sp³-hybridized carbons (Fsp3) is 0. The molecule has 8 nitrogen and oxygen atoms in total. The summed E-state index contributed by atoms with van der Waals surface area (Å²) in [6, 6.07) is 22.5. The molecular formula is C20H19N8P. The van der Waals surface area contributed by atoms with Gasteiger partial charge in [-0.15, -0.1) is 0 Å². The number of pyridine rings is 4. The Morgan fingerprint density at radius 2 is 0.931 bits per heavy atom. The summed E-state index contributed by atoms with van der Waals surface area (Å²) in [4.78, 5) is 17.6. The molecular weight excluding hydrogens is 383 g/mol. The highest BCUT2D eigenvalue weighted by Crippen LogP contribution is 2.49. The molecule has 0 aromatic carbocycles. The average Bonchev–Trinajstić information content (AvgIpc) is 2.76. The summed E-state index contributed by atoms with van der Waals surface area (Å²) in [5, 5.41) is 10.3. The van der Waals surface area contributed by atoms with Gasteiger partial charge in [-0.2, -0.15) is 4.74 Å². The maximum absolute atomic E-state index is 4.92. The molecule has 0 spiro atoms. The number of anilines is 3. The molecule has 0 radical (unpaired) electrons. The standard InChI is InChI=1S/C20H19N8P/c1-5-13-21-17(9-1)25-29(26-18-10-2-6-14-22-18,27-19-11-3-7-15-23-19)28-20-12-4-8-16-24-20/h1-16H,(H,21,25)(H,22,26)(H,23,27). The Kier molecular flexibility index (Phi) is 5.73. The number of hydrogen-bond donors (Lipinski definition) is 3. The van der Waals surface area contributed by atoms with Gasteiger partial charge in [-0.05, 0) is 48.5 Å². The summed E-state index contributed by atoms with van der Waals surface area (Å²) in [6.07, 6.45) is 6.87. The molecule has 0 fully saturated rings. The highest BCUT2D eigenvalue weighted by molar-refractivity contribution is 7.70. The molecule has 144 valence electrons. The fourth-order valence-electron chi connectivity index (χ4n) is 2.51. The van der Waals surface area contributed by atoms with Gasteiger partial charge in [0.15, 0.2) is 5.82 Å². The first-order valence-corrected chi connectivity index (χ1v) is 10.7. The molecule has 0 saturated carbocycles. The van der Waals surface area contributed by atoms with Crippen LogP contribution >= 0.6 is 7.51 Å². The van der Waals surface area contributed by atoms with E-state index < -0.39 is 7.51 Å². The molecule has 29 heavy (non-hydrogen) atoms. The van der Waals surface area contributed by atoms with Crippen LogP contribution in [0, 0.1) is 0 Å². The minimum Gasteiger partial charge on any atom is -0.304 e. The minimum absolute atomic E-state index is 0.566. The molecule has 0 unspecified atom stereocenters. The molecule has 4 heterocycles. The molecule has 0 aliphatic rings. The van der Waals surface area contributed by atoms with Crippen molar-refractivity contribution < 1.29 is 0 Å². The van der Waals surface area contributed by atoms with Crippen LogP contribution in [-0.4, -0.2) is 19.9 Å². The molecule has 4 rings (SSSR count). The lowest BCUT2D eigenvalue weighted by atomic mass is 10.5. The van der Waals surface area contributed by atoms with Gasteiger partial charge in [0.1, 0.15) is 17.5 Å². The fourth-order valence-corrected chi connectivity index (χ4v) is 4.64. The van der Waals surface area contributed by atoms with Crippen LogP contribution in [0.2, 0.25) is 0 Å². The third-order valence-electron chi connectivity index (χ3n) is 3.73. The van der Waals surface area contributed by atoms with Crippen molar-refractivity contribution in [2.24, 2.45) is 4.74 Å². The summed E-state index contributed by atoms with van der Waals surface area (Å²) in [6.45, 7) is 0. The predicted molar refractivity (Wildman–Crippen MR) is 117 cm³/mol. The zero-order valence-electron chi connectivity index (χ0n) is 15.4. The van der Waals surface area contributed by atoms with Gasteiger partial charge < -0.3 is 15.3 Å². The topological polar surface area (TPSA) is 100 Å². The number of nitrogens with one attached hydrogen (secondary N) is 3. The maximum Gasteiger partial charge on any atom is 0.246 e. The van der Waals surface area contributed by atoms with Crippen LogP contribution < -0.4 is 15.3 Å². The van der Waals surface area contributed by atoms with Crippen LogP contribution in [0.3, 0.4) is 0 Å². The van der Waals surface area contributed by atoms with Crippen molar-refractivity contribution in [1.82, 2.24) is 19.9 Å². The van der Waals surface area contributed by atoms with Crippen molar-refractivity contribution in [2.75, 3.05) is 15.3 Å². The van der Waals surface area contributed by atoms with Gasteiger partial charge in [0.05, 0.1) is 0 Å². The van der Waals surface area contributed by atoms with Crippen LogP contribution in [0.15, 0.2) is 102 Å². The van der Waals surface area contributed by atoms with Gasteiger partial charge in [0.2, 0.25) is 7.51 Å². The first-order valence-electron chi connectivity index (χ1n) is 8.93. The molecule has 0 atom stereocenters. The summed E-state index contributed by atoms with van der Waals surface area (Å²) >= 11 is 0. The van der Waals surface area contributed by atoms with Crippen LogP contribution in [0.4, 0.5) is 23.3 Å². The normalized spacial score (nSPS) is 10.8. The van der Waals surface area contributed by atoms with E-state index in [1.165, 1.54) is 0 Å². The molecule has 0 bridgehead atoms. The van der Waals surface area contributed by atoms with E-state index in [0.717, 1.165) is 0 Å². The first-order chi connectivity index (χ1) is 14.3. The molecule has 4 aromatic rings. The van der Waals surface area contributed by atoms with Crippen LogP contribution in [0.5, 0.6) is 0 Å². The molecule has 0 saturated heterocycles. The van der Waals surface area contributed by atoms with Gasteiger partial charge >= 0.3 is 0 Å². The van der Waals surface area contributed by atoms with E-state index in [1.807, 2.05) is 72.8 Å². The third kappa shape index (κ3) is 5.15. The van der Waals surface area contributed by atoms with E-state index in [-0.39, 0.29) is 0 Å². The van der Waals surface area contributed by atoms with Crippen LogP contribution in [0.1, 0.15) is 0 Å². The SMILES string of the molecule is c1ccc(N=P(Nc2ccccn2)(Nc2ccccn2)Nc2ccccn2)nc1. The number of rotatable bonds is 7. The lowest BCUT2D eigenvalue weighted by molar-refractivity contribution is 1.26. The van der Waals surface area contributed by atoms with E-state index in [1.54, 1.807) is 24.8 Å². The van der Waals surface area contributed by atoms with Crippen LogP contribution in [-0.2, 0) is 0 Å². The smallest absolute Gasteiger partial charge is 0.246 e. The van der Waals surface area contributed by atoms with Crippen molar-refractivity contribution in [1.29, 1.82) is 0 Å². The Morgan fingerprint density at radius 1 is 0.517 bits per heavy atom. The van der Waals surface area contributed by atoms with Gasteiger partial charge in [-0.25, -0.2) is 19.9 Å². The van der Waals surface area contributed by atoms with Gasteiger partial charge in [-0.3, -0.25) is 0 Å². The quantitative estimate of drug-likeness (QED) is 0.366. The zero-order chi connectivity index (χ0) is 19.8. The van der Waals surface area contributed by atoms with E-state index >= 15 is 0 Å². The summed E-state index contributed by atoms with van der Waals surface area (Å²) in [7, 11) is -2.76. The average molecular weight is 402 g/mol. The van der Waals surface area contributed by atoms with Crippen molar-refractivity contribution in [3.8, 4) is 0 Å². The van der Waals surface area contributed by atoms with Gasteiger partial charge in [-0.1, -0.05) is 24.3 Å². The minimum atomic E-state index is -2.76. The monoisotopic (exact) mass is 402 g/mol. The predicted octanol–water partition coefficient (Wildman–Crippen LogP) is 5.18. The Bertz CT molecular complexity index is 968. The number of aromatic nitrogens is 4. The van der Waals surface area contributed by atoms with Crippen molar-refractivity contribution >= 4 is 30.8 Å². The molecule has 0 amide bonds.